The maximum Gasteiger partial charge on any atom is 0.224 e. The zero-order valence-corrected chi connectivity index (χ0v) is 12.7. The predicted octanol–water partition coefficient (Wildman–Crippen LogP) is 2.84. The standard InChI is InChI=1S/C15H21ClN2O3/c16-11-3-4-14(13(17)10-11)18-15(19)2-1-7-21-12-5-8-20-9-6-12/h3-4,10,12H,1-2,5-9,17H2,(H,18,19). The summed E-state index contributed by atoms with van der Waals surface area (Å²) in [5.41, 5.74) is 6.85. The molecular formula is C15H21ClN2O3. The lowest BCUT2D eigenvalue weighted by Gasteiger charge is -2.22. The van der Waals surface area contributed by atoms with Crippen molar-refractivity contribution in [2.75, 3.05) is 30.9 Å². The Morgan fingerprint density at radius 3 is 2.90 bits per heavy atom. The third kappa shape index (κ3) is 5.53. The van der Waals surface area contributed by atoms with Gasteiger partial charge in [-0.2, -0.15) is 0 Å². The normalized spacial score (nSPS) is 15.9. The number of carbonyl (C=O) groups is 1. The molecule has 0 spiro atoms. The minimum Gasteiger partial charge on any atom is -0.397 e. The van der Waals surface area contributed by atoms with Crippen molar-refractivity contribution in [2.24, 2.45) is 0 Å². The summed E-state index contributed by atoms with van der Waals surface area (Å²) in [6.45, 7) is 2.12. The summed E-state index contributed by atoms with van der Waals surface area (Å²) < 4.78 is 11.0. The number of hydrogen-bond donors (Lipinski definition) is 2. The molecule has 1 fully saturated rings. The van der Waals surface area contributed by atoms with E-state index in [9.17, 15) is 4.79 Å². The number of halogens is 1. The van der Waals surface area contributed by atoms with Crippen LogP contribution in [0.4, 0.5) is 11.4 Å². The van der Waals surface area contributed by atoms with Gasteiger partial charge in [0.05, 0.1) is 17.5 Å². The topological polar surface area (TPSA) is 73.6 Å². The summed E-state index contributed by atoms with van der Waals surface area (Å²) in [5.74, 6) is -0.0698. The molecule has 1 heterocycles. The molecule has 0 aromatic heterocycles. The molecule has 1 amide bonds. The van der Waals surface area contributed by atoms with E-state index < -0.39 is 0 Å². The van der Waals surface area contributed by atoms with Gasteiger partial charge >= 0.3 is 0 Å². The number of hydrogen-bond acceptors (Lipinski definition) is 4. The molecule has 0 atom stereocenters. The summed E-state index contributed by atoms with van der Waals surface area (Å²) >= 11 is 5.81. The fourth-order valence-electron chi connectivity index (χ4n) is 2.19. The Morgan fingerprint density at radius 2 is 2.19 bits per heavy atom. The molecule has 5 nitrogen and oxygen atoms in total. The van der Waals surface area contributed by atoms with E-state index in [-0.39, 0.29) is 12.0 Å². The first-order valence-corrected chi connectivity index (χ1v) is 7.57. The number of ether oxygens (including phenoxy) is 2. The molecule has 0 unspecified atom stereocenters. The maximum atomic E-state index is 11.8. The molecule has 21 heavy (non-hydrogen) atoms. The SMILES string of the molecule is Nc1cc(Cl)ccc1NC(=O)CCCOC1CCOCC1. The molecule has 6 heteroatoms. The van der Waals surface area contributed by atoms with Crippen molar-refractivity contribution in [2.45, 2.75) is 31.8 Å². The van der Waals surface area contributed by atoms with Crippen LogP contribution < -0.4 is 11.1 Å². The summed E-state index contributed by atoms with van der Waals surface area (Å²) in [6, 6.07) is 5.02. The Bertz CT molecular complexity index is 476. The summed E-state index contributed by atoms with van der Waals surface area (Å²) in [5, 5.41) is 3.33. The van der Waals surface area contributed by atoms with Crippen molar-refractivity contribution >= 4 is 28.9 Å². The highest BCUT2D eigenvalue weighted by Crippen LogP contribution is 2.22. The summed E-state index contributed by atoms with van der Waals surface area (Å²) in [4.78, 5) is 11.8. The first kappa shape index (κ1) is 16.1. The first-order valence-electron chi connectivity index (χ1n) is 7.19. The van der Waals surface area contributed by atoms with Crippen molar-refractivity contribution in [3.8, 4) is 0 Å². The van der Waals surface area contributed by atoms with E-state index in [1.54, 1.807) is 18.2 Å². The van der Waals surface area contributed by atoms with Gasteiger partial charge in [0.25, 0.3) is 0 Å². The van der Waals surface area contributed by atoms with Crippen LogP contribution in [0.2, 0.25) is 5.02 Å². The van der Waals surface area contributed by atoms with Gasteiger partial charge in [0.15, 0.2) is 0 Å². The average molecular weight is 313 g/mol. The maximum absolute atomic E-state index is 11.8. The van der Waals surface area contributed by atoms with Crippen LogP contribution >= 0.6 is 11.6 Å². The number of nitrogens with one attached hydrogen (secondary N) is 1. The highest BCUT2D eigenvalue weighted by Gasteiger charge is 2.14. The van der Waals surface area contributed by atoms with Gasteiger partial charge < -0.3 is 20.5 Å². The fourth-order valence-corrected chi connectivity index (χ4v) is 2.37. The van der Waals surface area contributed by atoms with E-state index in [4.69, 9.17) is 26.8 Å². The van der Waals surface area contributed by atoms with Gasteiger partial charge in [-0.15, -0.1) is 0 Å². The van der Waals surface area contributed by atoms with Crippen LogP contribution in [0.5, 0.6) is 0 Å². The van der Waals surface area contributed by atoms with Gasteiger partial charge in [0.2, 0.25) is 5.91 Å². The second-order valence-electron chi connectivity index (χ2n) is 5.07. The number of nitrogen functional groups attached to an aromatic ring is 1. The van der Waals surface area contributed by atoms with Crippen LogP contribution in [-0.4, -0.2) is 31.8 Å². The van der Waals surface area contributed by atoms with Gasteiger partial charge in [-0.1, -0.05) is 11.6 Å². The quantitative estimate of drug-likeness (QED) is 0.626. The Kier molecular flexibility index (Phi) is 6.29. The third-order valence-electron chi connectivity index (χ3n) is 3.36. The predicted molar refractivity (Wildman–Crippen MR) is 83.5 cm³/mol. The third-order valence-corrected chi connectivity index (χ3v) is 3.59. The minimum absolute atomic E-state index is 0.0698. The Balaban J connectivity index is 1.65. The molecule has 1 aromatic rings. The molecule has 3 N–H and O–H groups in total. The van der Waals surface area contributed by atoms with Crippen LogP contribution in [0.25, 0.3) is 0 Å². The van der Waals surface area contributed by atoms with Crippen molar-refractivity contribution in [1.82, 2.24) is 0 Å². The Labute approximate surface area is 129 Å². The molecule has 1 saturated heterocycles. The lowest BCUT2D eigenvalue weighted by atomic mass is 10.1. The van der Waals surface area contributed by atoms with Crippen molar-refractivity contribution < 1.29 is 14.3 Å². The number of benzene rings is 1. The van der Waals surface area contributed by atoms with Crippen LogP contribution in [-0.2, 0) is 14.3 Å². The Morgan fingerprint density at radius 1 is 1.43 bits per heavy atom. The summed E-state index contributed by atoms with van der Waals surface area (Å²) in [7, 11) is 0. The summed E-state index contributed by atoms with van der Waals surface area (Å²) in [6.07, 6.45) is 3.25. The lowest BCUT2D eigenvalue weighted by Crippen LogP contribution is -2.24. The van der Waals surface area contributed by atoms with Crippen LogP contribution in [0.1, 0.15) is 25.7 Å². The van der Waals surface area contributed by atoms with Crippen LogP contribution in [0, 0.1) is 0 Å². The van der Waals surface area contributed by atoms with Gasteiger partial charge in [-0.25, -0.2) is 0 Å². The largest absolute Gasteiger partial charge is 0.397 e. The molecule has 1 aliphatic heterocycles. The lowest BCUT2D eigenvalue weighted by molar-refractivity contribution is -0.116. The zero-order chi connectivity index (χ0) is 15.1. The highest BCUT2D eigenvalue weighted by atomic mass is 35.5. The Hall–Kier alpha value is -1.30. The van der Waals surface area contributed by atoms with Crippen molar-refractivity contribution in [1.29, 1.82) is 0 Å². The van der Waals surface area contributed by atoms with E-state index in [1.807, 2.05) is 0 Å². The van der Waals surface area contributed by atoms with Crippen LogP contribution in [0.3, 0.4) is 0 Å². The molecule has 0 radical (unpaired) electrons. The second kappa shape index (κ2) is 8.22. The molecule has 116 valence electrons. The molecular weight excluding hydrogens is 292 g/mol. The van der Waals surface area contributed by atoms with E-state index in [2.05, 4.69) is 5.32 Å². The zero-order valence-electron chi connectivity index (χ0n) is 11.9. The van der Waals surface area contributed by atoms with E-state index >= 15 is 0 Å². The second-order valence-corrected chi connectivity index (χ2v) is 5.50. The smallest absolute Gasteiger partial charge is 0.224 e. The van der Waals surface area contributed by atoms with Gasteiger partial charge in [0, 0.05) is 31.3 Å². The van der Waals surface area contributed by atoms with E-state index in [0.717, 1.165) is 26.1 Å². The van der Waals surface area contributed by atoms with E-state index in [0.29, 0.717) is 35.8 Å². The molecule has 2 rings (SSSR count). The van der Waals surface area contributed by atoms with Gasteiger partial charge in [-0.05, 0) is 37.5 Å². The highest BCUT2D eigenvalue weighted by molar-refractivity contribution is 6.31. The van der Waals surface area contributed by atoms with Crippen molar-refractivity contribution in [3.05, 3.63) is 23.2 Å². The molecule has 0 aliphatic carbocycles. The monoisotopic (exact) mass is 312 g/mol. The first-order chi connectivity index (χ1) is 10.1. The number of amides is 1. The fraction of sp³-hybridized carbons (Fsp3) is 0.533. The molecule has 1 aromatic carbocycles. The van der Waals surface area contributed by atoms with Gasteiger partial charge in [-0.3, -0.25) is 4.79 Å². The number of carbonyl (C=O) groups excluding carboxylic acids is 1. The number of rotatable bonds is 6. The van der Waals surface area contributed by atoms with Gasteiger partial charge in [0.1, 0.15) is 0 Å². The number of nitrogens with two attached hydrogens (primary N) is 1. The van der Waals surface area contributed by atoms with Crippen LogP contribution in [0.15, 0.2) is 18.2 Å². The molecule has 0 saturated carbocycles. The van der Waals surface area contributed by atoms with Crippen molar-refractivity contribution in [3.63, 3.8) is 0 Å². The number of anilines is 2. The van der Waals surface area contributed by atoms with E-state index in [1.165, 1.54) is 0 Å². The molecule has 0 bridgehead atoms. The molecule has 1 aliphatic rings. The minimum atomic E-state index is -0.0698. The average Bonchev–Trinajstić information content (AvgIpc) is 2.48.